The van der Waals surface area contributed by atoms with Crippen molar-refractivity contribution < 1.29 is 31.5 Å². The topological polar surface area (TPSA) is 41.9 Å². The van der Waals surface area contributed by atoms with Crippen molar-refractivity contribution in [2.45, 2.75) is 13.8 Å². The van der Waals surface area contributed by atoms with Crippen LogP contribution >= 0.6 is 11.6 Å². The molecule has 3 rings (SSSR count). The van der Waals surface area contributed by atoms with Gasteiger partial charge in [-0.05, 0) is 38.1 Å². The highest BCUT2D eigenvalue weighted by Crippen LogP contribution is 2.34. The Balaban J connectivity index is 2.11. The van der Waals surface area contributed by atoms with E-state index in [0.717, 1.165) is 0 Å². The fourth-order valence-corrected chi connectivity index (χ4v) is 2.87. The van der Waals surface area contributed by atoms with Crippen LogP contribution in [0.15, 0.2) is 28.9 Å². The lowest BCUT2D eigenvalue weighted by Crippen LogP contribution is -2.25. The molecule has 1 heterocycles. The summed E-state index contributed by atoms with van der Waals surface area (Å²) < 4.78 is 73.9. The van der Waals surface area contributed by atoms with Crippen LogP contribution in [0.4, 0.5) is 27.6 Å². The van der Waals surface area contributed by atoms with Gasteiger partial charge in [0.25, 0.3) is 5.91 Å². The molecule has 152 valence electrons. The second-order valence-electron chi connectivity index (χ2n) is 5.89. The van der Waals surface area contributed by atoms with Crippen LogP contribution in [0.1, 0.15) is 19.4 Å². The normalized spacial score (nSPS) is 15.3. The van der Waals surface area contributed by atoms with Crippen LogP contribution in [0.5, 0.6) is 5.75 Å². The second kappa shape index (κ2) is 7.82. The van der Waals surface area contributed by atoms with E-state index in [1.54, 1.807) is 19.1 Å². The van der Waals surface area contributed by atoms with E-state index in [0.29, 0.717) is 22.9 Å². The molecule has 2 aromatic rings. The van der Waals surface area contributed by atoms with Crippen molar-refractivity contribution >= 4 is 35.0 Å². The quantitative estimate of drug-likeness (QED) is 0.288. The number of carbonyl (C=O) groups excluding carboxylic acids is 1. The van der Waals surface area contributed by atoms with Crippen molar-refractivity contribution in [2.24, 2.45) is 5.10 Å². The number of anilines is 1. The summed E-state index contributed by atoms with van der Waals surface area (Å²) in [5.41, 5.74) is -1.21. The smallest absolute Gasteiger partial charge is 0.280 e. The first-order chi connectivity index (χ1) is 13.7. The minimum atomic E-state index is -2.33. The van der Waals surface area contributed by atoms with Crippen LogP contribution in [-0.4, -0.2) is 18.2 Å². The molecule has 10 heteroatoms. The van der Waals surface area contributed by atoms with Gasteiger partial charge in [0.05, 0.1) is 17.9 Å². The highest BCUT2D eigenvalue weighted by molar-refractivity contribution is 6.33. The molecule has 4 nitrogen and oxygen atoms in total. The molecule has 2 aromatic carbocycles. The molecule has 0 unspecified atom stereocenters. The van der Waals surface area contributed by atoms with Gasteiger partial charge in [-0.1, -0.05) is 11.6 Å². The first-order valence-electron chi connectivity index (χ1n) is 8.22. The fraction of sp³-hybridized carbons (Fsp3) is 0.158. The maximum atomic E-state index is 14.1. The third kappa shape index (κ3) is 3.57. The van der Waals surface area contributed by atoms with E-state index in [1.165, 1.54) is 19.1 Å². The summed E-state index contributed by atoms with van der Waals surface area (Å²) in [5, 5.41) is 4.14. The zero-order valence-electron chi connectivity index (χ0n) is 15.0. The van der Waals surface area contributed by atoms with Crippen LogP contribution in [0.25, 0.3) is 6.08 Å². The molecule has 1 aliphatic rings. The number of hydrogen-bond acceptors (Lipinski definition) is 3. The number of hydrogen-bond donors (Lipinski definition) is 0. The molecule has 0 radical (unpaired) electrons. The molecule has 0 spiro atoms. The van der Waals surface area contributed by atoms with Crippen molar-refractivity contribution in [3.63, 3.8) is 0 Å². The van der Waals surface area contributed by atoms with Gasteiger partial charge in [-0.3, -0.25) is 4.79 Å². The molecule has 0 fully saturated rings. The zero-order chi connectivity index (χ0) is 21.5. The Hall–Kier alpha value is -2.94. The number of ether oxygens (including phenoxy) is 1. The Bertz CT molecular complexity index is 1060. The third-order valence-electron chi connectivity index (χ3n) is 4.03. The van der Waals surface area contributed by atoms with Crippen molar-refractivity contribution in [1.29, 1.82) is 0 Å². The summed E-state index contributed by atoms with van der Waals surface area (Å²) in [6.45, 7) is 3.40. The second-order valence-corrected chi connectivity index (χ2v) is 6.33. The molecular weight excluding hydrogens is 419 g/mol. The lowest BCUT2D eigenvalue weighted by Gasteiger charge is -2.15. The zero-order valence-corrected chi connectivity index (χ0v) is 15.8. The SMILES string of the molecule is CCOc1ccc(Cl)cc1/C=C1\C(=O)N(c2c(F)c(F)c(F)c(F)c2F)N=C1C. The Labute approximate surface area is 166 Å². The summed E-state index contributed by atoms with van der Waals surface area (Å²) in [6.07, 6.45) is 1.31. The van der Waals surface area contributed by atoms with Crippen LogP contribution in [0, 0.1) is 29.1 Å². The number of carbonyl (C=O) groups is 1. The average Bonchev–Trinajstić information content (AvgIpc) is 2.95. The van der Waals surface area contributed by atoms with Crippen LogP contribution in [0.3, 0.4) is 0 Å². The molecule has 0 saturated carbocycles. The Morgan fingerprint density at radius 2 is 1.66 bits per heavy atom. The first-order valence-corrected chi connectivity index (χ1v) is 8.60. The summed E-state index contributed by atoms with van der Waals surface area (Å²) in [4.78, 5) is 12.7. The van der Waals surface area contributed by atoms with E-state index in [2.05, 4.69) is 5.10 Å². The fourth-order valence-electron chi connectivity index (χ4n) is 2.69. The summed E-state index contributed by atoms with van der Waals surface area (Å²) in [5.74, 6) is -11.7. The van der Waals surface area contributed by atoms with Crippen molar-refractivity contribution in [3.8, 4) is 5.75 Å². The van der Waals surface area contributed by atoms with Crippen molar-refractivity contribution in [1.82, 2.24) is 0 Å². The molecule has 0 atom stereocenters. The molecular formula is C19H12ClF5N2O2. The molecule has 0 aliphatic carbocycles. The van der Waals surface area contributed by atoms with Crippen molar-refractivity contribution in [3.05, 3.63) is 63.4 Å². The summed E-state index contributed by atoms with van der Waals surface area (Å²) >= 11 is 5.96. The predicted molar refractivity (Wildman–Crippen MR) is 97.4 cm³/mol. The summed E-state index contributed by atoms with van der Waals surface area (Å²) in [6, 6.07) is 4.61. The lowest BCUT2D eigenvalue weighted by molar-refractivity contribution is -0.114. The van der Waals surface area contributed by atoms with Gasteiger partial charge in [-0.2, -0.15) is 10.1 Å². The van der Waals surface area contributed by atoms with Gasteiger partial charge in [0, 0.05) is 10.6 Å². The van der Waals surface area contributed by atoms with E-state index < -0.39 is 40.7 Å². The highest BCUT2D eigenvalue weighted by Gasteiger charge is 2.37. The molecule has 0 bridgehead atoms. The van der Waals surface area contributed by atoms with Crippen LogP contribution in [-0.2, 0) is 4.79 Å². The maximum Gasteiger partial charge on any atom is 0.280 e. The van der Waals surface area contributed by atoms with Crippen LogP contribution < -0.4 is 9.75 Å². The maximum absolute atomic E-state index is 14.1. The average molecular weight is 431 g/mol. The molecule has 29 heavy (non-hydrogen) atoms. The number of nitrogens with zero attached hydrogens (tertiary/aromatic N) is 2. The van der Waals surface area contributed by atoms with Gasteiger partial charge in [-0.25, -0.2) is 22.0 Å². The number of amides is 1. The number of halogens is 6. The Morgan fingerprint density at radius 3 is 2.24 bits per heavy atom. The lowest BCUT2D eigenvalue weighted by atomic mass is 10.1. The first kappa shape index (κ1) is 20.8. The minimum Gasteiger partial charge on any atom is -0.493 e. The number of hydrazone groups is 1. The van der Waals surface area contributed by atoms with Gasteiger partial charge in [-0.15, -0.1) is 0 Å². The monoisotopic (exact) mass is 430 g/mol. The standard InChI is InChI=1S/C19H12ClF5N2O2/c1-3-29-12-5-4-10(20)6-9(12)7-11-8(2)26-27(19(11)28)18-16(24)14(22)13(21)15(23)17(18)25/h4-7H,3H2,1-2H3/b11-7-. The Morgan fingerprint density at radius 1 is 1.07 bits per heavy atom. The van der Waals surface area contributed by atoms with E-state index >= 15 is 0 Å². The van der Waals surface area contributed by atoms with E-state index in [1.807, 2.05) is 0 Å². The van der Waals surface area contributed by atoms with Gasteiger partial charge in [0.2, 0.25) is 5.82 Å². The molecule has 0 aromatic heterocycles. The minimum absolute atomic E-state index is 0.00126. The van der Waals surface area contributed by atoms with E-state index in [9.17, 15) is 26.7 Å². The third-order valence-corrected chi connectivity index (χ3v) is 4.27. The van der Waals surface area contributed by atoms with Gasteiger partial charge >= 0.3 is 0 Å². The van der Waals surface area contributed by atoms with Gasteiger partial charge in [0.1, 0.15) is 11.4 Å². The molecule has 0 N–H and O–H groups in total. The van der Waals surface area contributed by atoms with Gasteiger partial charge in [0.15, 0.2) is 23.3 Å². The Kier molecular flexibility index (Phi) is 5.61. The highest BCUT2D eigenvalue weighted by atomic mass is 35.5. The largest absolute Gasteiger partial charge is 0.493 e. The number of benzene rings is 2. The molecule has 0 saturated heterocycles. The van der Waals surface area contributed by atoms with Crippen LogP contribution in [0.2, 0.25) is 5.02 Å². The molecule has 1 aliphatic heterocycles. The van der Waals surface area contributed by atoms with Crippen molar-refractivity contribution in [2.75, 3.05) is 11.6 Å². The van der Waals surface area contributed by atoms with E-state index in [4.69, 9.17) is 16.3 Å². The predicted octanol–water partition coefficient (Wildman–Crippen LogP) is 5.24. The number of rotatable bonds is 4. The van der Waals surface area contributed by atoms with E-state index in [-0.39, 0.29) is 16.3 Å². The molecule has 1 amide bonds. The summed E-state index contributed by atoms with van der Waals surface area (Å²) in [7, 11) is 0. The van der Waals surface area contributed by atoms with Gasteiger partial charge < -0.3 is 4.74 Å².